The third kappa shape index (κ3) is 4.02. The van der Waals surface area contributed by atoms with Gasteiger partial charge in [0.2, 0.25) is 0 Å². The molecule has 0 aromatic heterocycles. The first-order valence-electron chi connectivity index (χ1n) is 7.87. The SMILES string of the molecule is Cl.O=C(c1ccccc1C(F)(F)F)N1CCC(N2CCNCC2)C1. The van der Waals surface area contributed by atoms with Gasteiger partial charge in [-0.25, -0.2) is 0 Å². The molecule has 134 valence electrons. The van der Waals surface area contributed by atoms with Gasteiger partial charge in [-0.3, -0.25) is 9.69 Å². The van der Waals surface area contributed by atoms with Crippen molar-refractivity contribution in [2.24, 2.45) is 0 Å². The fourth-order valence-corrected chi connectivity index (χ4v) is 3.36. The van der Waals surface area contributed by atoms with Gasteiger partial charge in [0.25, 0.3) is 5.91 Å². The molecule has 1 aromatic carbocycles. The second-order valence-electron chi connectivity index (χ2n) is 6.02. The summed E-state index contributed by atoms with van der Waals surface area (Å²) < 4.78 is 39.2. The molecule has 2 heterocycles. The molecule has 1 N–H and O–H groups in total. The van der Waals surface area contributed by atoms with Crippen LogP contribution < -0.4 is 5.32 Å². The molecule has 0 saturated carbocycles. The van der Waals surface area contributed by atoms with Crippen LogP contribution in [0.25, 0.3) is 0 Å². The third-order valence-electron chi connectivity index (χ3n) is 4.58. The second kappa shape index (κ2) is 7.72. The van der Waals surface area contributed by atoms with E-state index in [4.69, 9.17) is 0 Å². The monoisotopic (exact) mass is 363 g/mol. The zero-order valence-electron chi connectivity index (χ0n) is 13.2. The molecular formula is C16H21ClF3N3O. The first-order chi connectivity index (χ1) is 11.0. The van der Waals surface area contributed by atoms with Crippen molar-refractivity contribution in [3.63, 3.8) is 0 Å². The summed E-state index contributed by atoms with van der Waals surface area (Å²) in [6.45, 7) is 4.70. The van der Waals surface area contributed by atoms with Crippen molar-refractivity contribution in [3.05, 3.63) is 35.4 Å². The number of benzene rings is 1. The Hall–Kier alpha value is -1.31. The van der Waals surface area contributed by atoms with Crippen molar-refractivity contribution >= 4 is 18.3 Å². The predicted molar refractivity (Wildman–Crippen MR) is 87.4 cm³/mol. The summed E-state index contributed by atoms with van der Waals surface area (Å²) in [6.07, 6.45) is -3.69. The Kier molecular flexibility index (Phi) is 6.11. The minimum Gasteiger partial charge on any atom is -0.337 e. The lowest BCUT2D eigenvalue weighted by atomic mass is 10.1. The molecule has 8 heteroatoms. The summed E-state index contributed by atoms with van der Waals surface area (Å²) in [5.74, 6) is -0.518. The van der Waals surface area contributed by atoms with Crippen LogP contribution in [0.1, 0.15) is 22.3 Å². The molecule has 2 aliphatic rings. The van der Waals surface area contributed by atoms with E-state index in [1.54, 1.807) is 4.90 Å². The molecule has 2 aliphatic heterocycles. The number of alkyl halides is 3. The maximum atomic E-state index is 13.1. The van der Waals surface area contributed by atoms with Crippen molar-refractivity contribution < 1.29 is 18.0 Å². The topological polar surface area (TPSA) is 35.6 Å². The van der Waals surface area contributed by atoms with Crippen molar-refractivity contribution in [1.82, 2.24) is 15.1 Å². The lowest BCUT2D eigenvalue weighted by Crippen LogP contribution is -2.49. The molecule has 1 amide bonds. The molecule has 2 fully saturated rings. The summed E-state index contributed by atoms with van der Waals surface area (Å²) in [5.41, 5.74) is -1.10. The van der Waals surface area contributed by atoms with Gasteiger partial charge < -0.3 is 10.2 Å². The Labute approximate surface area is 145 Å². The van der Waals surface area contributed by atoms with Gasteiger partial charge in [0.1, 0.15) is 0 Å². The van der Waals surface area contributed by atoms with Crippen LogP contribution in [0.15, 0.2) is 24.3 Å². The van der Waals surface area contributed by atoms with Gasteiger partial charge in [0.05, 0.1) is 11.1 Å². The first-order valence-corrected chi connectivity index (χ1v) is 7.87. The van der Waals surface area contributed by atoms with Crippen LogP contribution in [0, 0.1) is 0 Å². The summed E-state index contributed by atoms with van der Waals surface area (Å²) in [5, 5.41) is 3.27. The standard InChI is InChI=1S/C16H20F3N3O.ClH/c17-16(18,19)14-4-2-1-3-13(14)15(23)22-8-5-12(11-22)21-9-6-20-7-10-21;/h1-4,12,20H,5-11H2;1H. The van der Waals surface area contributed by atoms with Gasteiger partial charge in [0, 0.05) is 45.3 Å². The molecule has 2 saturated heterocycles. The second-order valence-corrected chi connectivity index (χ2v) is 6.02. The van der Waals surface area contributed by atoms with E-state index in [0.29, 0.717) is 13.1 Å². The van der Waals surface area contributed by atoms with Gasteiger partial charge in [-0.1, -0.05) is 12.1 Å². The molecule has 0 spiro atoms. The maximum absolute atomic E-state index is 13.1. The predicted octanol–water partition coefficient (Wildman–Crippen LogP) is 2.25. The van der Waals surface area contributed by atoms with Gasteiger partial charge in [-0.05, 0) is 18.6 Å². The van der Waals surface area contributed by atoms with E-state index in [-0.39, 0.29) is 24.0 Å². The minimum absolute atomic E-state index is 0. The highest BCUT2D eigenvalue weighted by molar-refractivity contribution is 5.96. The zero-order chi connectivity index (χ0) is 16.4. The molecule has 1 aromatic rings. The van der Waals surface area contributed by atoms with Crippen LogP contribution in [0.4, 0.5) is 13.2 Å². The third-order valence-corrected chi connectivity index (χ3v) is 4.58. The number of hydrogen-bond acceptors (Lipinski definition) is 3. The highest BCUT2D eigenvalue weighted by atomic mass is 35.5. The Morgan fingerprint density at radius 3 is 2.46 bits per heavy atom. The summed E-state index contributed by atoms with van der Waals surface area (Å²) in [4.78, 5) is 16.4. The number of piperazine rings is 1. The van der Waals surface area contributed by atoms with Gasteiger partial charge in [-0.2, -0.15) is 13.2 Å². The van der Waals surface area contributed by atoms with Crippen LogP contribution >= 0.6 is 12.4 Å². The number of amides is 1. The Morgan fingerprint density at radius 2 is 1.79 bits per heavy atom. The van der Waals surface area contributed by atoms with E-state index in [1.165, 1.54) is 18.2 Å². The molecule has 0 bridgehead atoms. The molecule has 0 aliphatic carbocycles. The lowest BCUT2D eigenvalue weighted by Gasteiger charge is -2.32. The molecule has 3 rings (SSSR count). The number of nitrogens with one attached hydrogen (secondary N) is 1. The fourth-order valence-electron chi connectivity index (χ4n) is 3.36. The number of nitrogens with zero attached hydrogens (tertiary/aromatic N) is 2. The number of hydrogen-bond donors (Lipinski definition) is 1. The summed E-state index contributed by atoms with van der Waals surface area (Å²) >= 11 is 0. The number of carbonyl (C=O) groups is 1. The van der Waals surface area contributed by atoms with Crippen LogP contribution in [0.3, 0.4) is 0 Å². The smallest absolute Gasteiger partial charge is 0.337 e. The highest BCUT2D eigenvalue weighted by Crippen LogP contribution is 2.33. The lowest BCUT2D eigenvalue weighted by molar-refractivity contribution is -0.138. The van der Waals surface area contributed by atoms with Crippen molar-refractivity contribution in [2.45, 2.75) is 18.6 Å². The highest BCUT2D eigenvalue weighted by Gasteiger charge is 2.38. The molecule has 1 unspecified atom stereocenters. The maximum Gasteiger partial charge on any atom is 0.417 e. The number of likely N-dealkylation sites (tertiary alicyclic amines) is 1. The Balaban J connectivity index is 0.00000208. The Bertz CT molecular complexity index is 576. The average Bonchev–Trinajstić information content (AvgIpc) is 3.04. The molecule has 4 nitrogen and oxygen atoms in total. The van der Waals surface area contributed by atoms with Crippen molar-refractivity contribution in [3.8, 4) is 0 Å². The van der Waals surface area contributed by atoms with Gasteiger partial charge in [0.15, 0.2) is 0 Å². The largest absolute Gasteiger partial charge is 0.417 e. The number of halogens is 4. The van der Waals surface area contributed by atoms with E-state index < -0.39 is 17.6 Å². The summed E-state index contributed by atoms with van der Waals surface area (Å²) in [7, 11) is 0. The van der Waals surface area contributed by atoms with Crippen molar-refractivity contribution in [1.29, 1.82) is 0 Å². The van der Waals surface area contributed by atoms with E-state index >= 15 is 0 Å². The van der Waals surface area contributed by atoms with Crippen LogP contribution in [0.5, 0.6) is 0 Å². The van der Waals surface area contributed by atoms with Crippen LogP contribution in [0.2, 0.25) is 0 Å². The van der Waals surface area contributed by atoms with Gasteiger partial charge in [-0.15, -0.1) is 12.4 Å². The fraction of sp³-hybridized carbons (Fsp3) is 0.562. The zero-order valence-corrected chi connectivity index (χ0v) is 14.0. The van der Waals surface area contributed by atoms with Crippen LogP contribution in [-0.4, -0.2) is 61.0 Å². The van der Waals surface area contributed by atoms with E-state index in [1.807, 2.05) is 0 Å². The molecule has 1 atom stereocenters. The quantitative estimate of drug-likeness (QED) is 0.875. The number of rotatable bonds is 2. The normalized spacial score (nSPS) is 22.3. The van der Waals surface area contributed by atoms with Gasteiger partial charge >= 0.3 is 6.18 Å². The van der Waals surface area contributed by atoms with E-state index in [0.717, 1.165) is 38.7 Å². The first kappa shape index (κ1) is 19.0. The molecule has 24 heavy (non-hydrogen) atoms. The molecular weight excluding hydrogens is 343 g/mol. The van der Waals surface area contributed by atoms with E-state index in [9.17, 15) is 18.0 Å². The summed E-state index contributed by atoms with van der Waals surface area (Å²) in [6, 6.07) is 5.28. The minimum atomic E-state index is -4.51. The molecule has 0 radical (unpaired) electrons. The average molecular weight is 364 g/mol. The van der Waals surface area contributed by atoms with Crippen molar-refractivity contribution in [2.75, 3.05) is 39.3 Å². The van der Waals surface area contributed by atoms with E-state index in [2.05, 4.69) is 10.2 Å². The van der Waals surface area contributed by atoms with Crippen LogP contribution in [-0.2, 0) is 6.18 Å². The number of carbonyl (C=O) groups excluding carboxylic acids is 1. The Morgan fingerprint density at radius 1 is 1.12 bits per heavy atom.